The molecule has 3 rings (SSSR count). The van der Waals surface area contributed by atoms with E-state index in [1.165, 1.54) is 0 Å². The number of ether oxygens (including phenoxy) is 1. The number of aromatic nitrogens is 2. The van der Waals surface area contributed by atoms with Gasteiger partial charge in [-0.05, 0) is 57.0 Å². The van der Waals surface area contributed by atoms with E-state index in [0.717, 1.165) is 38.0 Å². The Bertz CT molecular complexity index is 938. The summed E-state index contributed by atoms with van der Waals surface area (Å²) in [6.45, 7) is 8.17. The van der Waals surface area contributed by atoms with Crippen molar-refractivity contribution in [2.75, 3.05) is 0 Å². The van der Waals surface area contributed by atoms with Crippen LogP contribution in [-0.2, 0) is 11.3 Å². The summed E-state index contributed by atoms with van der Waals surface area (Å²) in [7, 11) is 0. The van der Waals surface area contributed by atoms with Crippen molar-refractivity contribution in [3.8, 4) is 16.3 Å². The Morgan fingerprint density at radius 3 is 2.78 bits per heavy atom. The molecule has 2 aromatic heterocycles. The second-order valence-electron chi connectivity index (χ2n) is 6.45. The largest absolute Gasteiger partial charge is 0.481 e. The van der Waals surface area contributed by atoms with Crippen molar-refractivity contribution >= 4 is 17.2 Å². The molecule has 0 saturated carbocycles. The van der Waals surface area contributed by atoms with Gasteiger partial charge in [0.1, 0.15) is 10.8 Å². The molecule has 5 nitrogen and oxygen atoms in total. The Morgan fingerprint density at radius 1 is 1.22 bits per heavy atom. The Kier molecular flexibility index (Phi) is 5.86. The van der Waals surface area contributed by atoms with Crippen molar-refractivity contribution in [3.05, 3.63) is 64.4 Å². The van der Waals surface area contributed by atoms with Crippen LogP contribution in [0.2, 0.25) is 0 Å². The number of pyridine rings is 1. The predicted octanol–water partition coefficient (Wildman–Crippen LogP) is 4.21. The van der Waals surface area contributed by atoms with Gasteiger partial charge in [0.15, 0.2) is 6.10 Å². The van der Waals surface area contributed by atoms with Gasteiger partial charge in [0.05, 0.1) is 12.2 Å². The van der Waals surface area contributed by atoms with Crippen molar-refractivity contribution in [2.24, 2.45) is 0 Å². The molecule has 1 unspecified atom stereocenters. The van der Waals surface area contributed by atoms with Crippen LogP contribution >= 0.6 is 11.3 Å². The first-order chi connectivity index (χ1) is 13.0. The number of amides is 1. The quantitative estimate of drug-likeness (QED) is 0.694. The molecule has 6 heteroatoms. The Balaban J connectivity index is 1.62. The third-order valence-electron chi connectivity index (χ3n) is 4.45. The molecule has 0 bridgehead atoms. The first-order valence-electron chi connectivity index (χ1n) is 8.83. The lowest BCUT2D eigenvalue weighted by Crippen LogP contribution is -2.36. The first kappa shape index (κ1) is 19.0. The van der Waals surface area contributed by atoms with Crippen molar-refractivity contribution in [2.45, 2.75) is 40.3 Å². The normalized spacial score (nSPS) is 11.9. The van der Waals surface area contributed by atoms with Crippen LogP contribution in [0.4, 0.5) is 0 Å². The molecule has 140 valence electrons. The minimum absolute atomic E-state index is 0.147. The van der Waals surface area contributed by atoms with Gasteiger partial charge in [-0.2, -0.15) is 0 Å². The van der Waals surface area contributed by atoms with E-state index in [0.29, 0.717) is 6.54 Å². The molecule has 0 fully saturated rings. The smallest absolute Gasteiger partial charge is 0.261 e. The number of hydrogen-bond donors (Lipinski definition) is 1. The highest BCUT2D eigenvalue weighted by atomic mass is 32.1. The van der Waals surface area contributed by atoms with Gasteiger partial charge in [-0.15, -0.1) is 11.3 Å². The summed E-state index contributed by atoms with van der Waals surface area (Å²) in [5.74, 6) is 0.595. The number of carbonyl (C=O) groups excluding carboxylic acids is 1. The van der Waals surface area contributed by atoms with Gasteiger partial charge in [0.25, 0.3) is 5.91 Å². The molecule has 0 aliphatic rings. The molecule has 0 aliphatic carbocycles. The maximum atomic E-state index is 12.4. The Morgan fingerprint density at radius 2 is 2.04 bits per heavy atom. The summed E-state index contributed by atoms with van der Waals surface area (Å²) >= 11 is 1.57. The lowest BCUT2D eigenvalue weighted by molar-refractivity contribution is -0.127. The standard InChI is InChI=1S/C21H23N3O2S/c1-13-7-5-9-18(14(13)2)26-16(4)20(25)23-12-19-15(3)24-21(27-19)17-8-6-10-22-11-17/h5-11,16H,12H2,1-4H3,(H,23,25). The second kappa shape index (κ2) is 8.31. The molecule has 1 atom stereocenters. The Hall–Kier alpha value is -2.73. The topological polar surface area (TPSA) is 64.1 Å². The third kappa shape index (κ3) is 4.52. The van der Waals surface area contributed by atoms with E-state index in [1.54, 1.807) is 30.7 Å². The van der Waals surface area contributed by atoms with Crippen LogP contribution in [0, 0.1) is 20.8 Å². The fourth-order valence-electron chi connectivity index (χ4n) is 2.61. The van der Waals surface area contributed by atoms with Gasteiger partial charge in [-0.3, -0.25) is 9.78 Å². The summed E-state index contributed by atoms with van der Waals surface area (Å²) in [6, 6.07) is 9.72. The van der Waals surface area contributed by atoms with E-state index in [1.807, 2.05) is 51.1 Å². The summed E-state index contributed by atoms with van der Waals surface area (Å²) < 4.78 is 5.85. The minimum atomic E-state index is -0.573. The molecule has 27 heavy (non-hydrogen) atoms. The van der Waals surface area contributed by atoms with E-state index >= 15 is 0 Å². The number of hydrogen-bond acceptors (Lipinski definition) is 5. The van der Waals surface area contributed by atoms with Gasteiger partial charge < -0.3 is 10.1 Å². The number of thiazole rings is 1. The molecule has 2 heterocycles. The highest BCUT2D eigenvalue weighted by Crippen LogP contribution is 2.27. The van der Waals surface area contributed by atoms with Gasteiger partial charge >= 0.3 is 0 Å². The molecule has 3 aromatic rings. The molecule has 0 radical (unpaired) electrons. The molecular formula is C21H23N3O2S. The molecule has 0 aliphatic heterocycles. The highest BCUT2D eigenvalue weighted by Gasteiger charge is 2.17. The van der Waals surface area contributed by atoms with E-state index in [4.69, 9.17) is 4.74 Å². The minimum Gasteiger partial charge on any atom is -0.481 e. The fourth-order valence-corrected chi connectivity index (χ4v) is 3.60. The first-order valence-corrected chi connectivity index (χ1v) is 9.64. The van der Waals surface area contributed by atoms with Crippen LogP contribution in [-0.4, -0.2) is 22.0 Å². The van der Waals surface area contributed by atoms with Crippen LogP contribution in [0.5, 0.6) is 5.75 Å². The maximum absolute atomic E-state index is 12.4. The zero-order valence-corrected chi connectivity index (χ0v) is 16.8. The molecular weight excluding hydrogens is 358 g/mol. The van der Waals surface area contributed by atoms with Crippen molar-refractivity contribution in [1.82, 2.24) is 15.3 Å². The lowest BCUT2D eigenvalue weighted by Gasteiger charge is -2.17. The zero-order valence-electron chi connectivity index (χ0n) is 15.9. The fraction of sp³-hybridized carbons (Fsp3) is 0.286. The highest BCUT2D eigenvalue weighted by molar-refractivity contribution is 7.15. The summed E-state index contributed by atoms with van der Waals surface area (Å²) in [4.78, 5) is 22.2. The van der Waals surface area contributed by atoms with Gasteiger partial charge in [-0.25, -0.2) is 4.98 Å². The van der Waals surface area contributed by atoms with Gasteiger partial charge in [0, 0.05) is 22.8 Å². The molecule has 0 spiro atoms. The zero-order chi connectivity index (χ0) is 19.4. The number of carbonyl (C=O) groups is 1. The molecule has 1 aromatic carbocycles. The monoisotopic (exact) mass is 381 g/mol. The average molecular weight is 382 g/mol. The third-order valence-corrected chi connectivity index (χ3v) is 5.66. The molecule has 0 saturated heterocycles. The number of benzene rings is 1. The maximum Gasteiger partial charge on any atom is 0.261 e. The summed E-state index contributed by atoms with van der Waals surface area (Å²) in [5.41, 5.74) is 4.09. The predicted molar refractivity (Wildman–Crippen MR) is 108 cm³/mol. The number of rotatable bonds is 6. The second-order valence-corrected chi connectivity index (χ2v) is 7.53. The van der Waals surface area contributed by atoms with E-state index in [2.05, 4.69) is 15.3 Å². The average Bonchev–Trinajstić information content (AvgIpc) is 3.05. The van der Waals surface area contributed by atoms with E-state index < -0.39 is 6.10 Å². The van der Waals surface area contributed by atoms with Crippen LogP contribution in [0.1, 0.15) is 28.6 Å². The molecule has 1 N–H and O–H groups in total. The number of aryl methyl sites for hydroxylation is 2. The number of nitrogens with zero attached hydrogens (tertiary/aromatic N) is 2. The Labute approximate surface area is 163 Å². The lowest BCUT2D eigenvalue weighted by atomic mass is 10.1. The van der Waals surface area contributed by atoms with E-state index in [-0.39, 0.29) is 5.91 Å². The van der Waals surface area contributed by atoms with Crippen molar-refractivity contribution < 1.29 is 9.53 Å². The van der Waals surface area contributed by atoms with Crippen LogP contribution in [0.15, 0.2) is 42.7 Å². The van der Waals surface area contributed by atoms with Crippen LogP contribution in [0.25, 0.3) is 10.6 Å². The SMILES string of the molecule is Cc1cccc(OC(C)C(=O)NCc2sc(-c3cccnc3)nc2C)c1C. The summed E-state index contributed by atoms with van der Waals surface area (Å²) in [6.07, 6.45) is 2.96. The van der Waals surface area contributed by atoms with Crippen molar-refractivity contribution in [1.29, 1.82) is 0 Å². The van der Waals surface area contributed by atoms with Gasteiger partial charge in [0.2, 0.25) is 0 Å². The van der Waals surface area contributed by atoms with E-state index in [9.17, 15) is 4.79 Å². The summed E-state index contributed by atoms with van der Waals surface area (Å²) in [5, 5.41) is 3.86. The molecule has 1 amide bonds. The van der Waals surface area contributed by atoms with Crippen LogP contribution < -0.4 is 10.1 Å². The number of nitrogens with one attached hydrogen (secondary N) is 1. The van der Waals surface area contributed by atoms with Crippen molar-refractivity contribution in [3.63, 3.8) is 0 Å². The van der Waals surface area contributed by atoms with Crippen LogP contribution in [0.3, 0.4) is 0 Å². The van der Waals surface area contributed by atoms with Gasteiger partial charge in [-0.1, -0.05) is 12.1 Å².